The number of thiophene rings is 1. The predicted molar refractivity (Wildman–Crippen MR) is 132 cm³/mol. The van der Waals surface area contributed by atoms with Crippen LogP contribution in [0.3, 0.4) is 0 Å². The smallest absolute Gasteiger partial charge is 0.325 e. The summed E-state index contributed by atoms with van der Waals surface area (Å²) in [5.74, 6) is -0.700. The van der Waals surface area contributed by atoms with Crippen LogP contribution in [0.4, 0.5) is 26.2 Å². The molecule has 0 fully saturated rings. The summed E-state index contributed by atoms with van der Waals surface area (Å²) in [5, 5.41) is 15.7. The second-order valence-electron chi connectivity index (χ2n) is 8.01. The van der Waals surface area contributed by atoms with E-state index in [0.717, 1.165) is 6.07 Å². The fourth-order valence-electron chi connectivity index (χ4n) is 4.09. The van der Waals surface area contributed by atoms with Crippen molar-refractivity contribution in [3.63, 3.8) is 0 Å². The summed E-state index contributed by atoms with van der Waals surface area (Å²) in [5.41, 5.74) is 7.56. The highest BCUT2D eigenvalue weighted by Crippen LogP contribution is 2.55. The Balaban J connectivity index is 1.87. The molecular formula is C22H20ClFN4O2S2. The molecule has 166 valence electrons. The van der Waals surface area contributed by atoms with E-state index >= 15 is 4.39 Å². The van der Waals surface area contributed by atoms with E-state index in [1.54, 1.807) is 24.3 Å². The molecule has 1 aromatic heterocycles. The summed E-state index contributed by atoms with van der Waals surface area (Å²) in [6.07, 6.45) is 0. The lowest BCUT2D eigenvalue weighted by molar-refractivity contribution is 0.256. The van der Waals surface area contributed by atoms with Crippen molar-refractivity contribution in [3.05, 3.63) is 58.2 Å². The average molecular weight is 491 g/mol. The van der Waals surface area contributed by atoms with E-state index in [4.69, 9.17) is 29.6 Å². The highest BCUT2D eigenvalue weighted by molar-refractivity contribution is 7.80. The third-order valence-corrected chi connectivity index (χ3v) is 6.58. The quantitative estimate of drug-likeness (QED) is 0.353. The number of hydrogen-bond donors (Lipinski definition) is 4. The molecule has 6 nitrogen and oxygen atoms in total. The lowest BCUT2D eigenvalue weighted by Gasteiger charge is -2.25. The van der Waals surface area contributed by atoms with Gasteiger partial charge in [0.15, 0.2) is 5.11 Å². The zero-order valence-electron chi connectivity index (χ0n) is 17.2. The van der Waals surface area contributed by atoms with Crippen LogP contribution in [-0.2, 0) is 5.41 Å². The van der Waals surface area contributed by atoms with Crippen LogP contribution in [0.15, 0.2) is 42.5 Å². The van der Waals surface area contributed by atoms with Gasteiger partial charge in [0.2, 0.25) is 0 Å². The molecule has 0 saturated heterocycles. The van der Waals surface area contributed by atoms with Crippen molar-refractivity contribution in [2.24, 2.45) is 5.73 Å². The number of hydrogen-bond acceptors (Lipinski definition) is 5. The molecular weight excluding hydrogens is 471 g/mol. The Morgan fingerprint density at radius 1 is 1.31 bits per heavy atom. The van der Waals surface area contributed by atoms with Gasteiger partial charge in [0.1, 0.15) is 11.6 Å². The van der Waals surface area contributed by atoms with Gasteiger partial charge in [-0.2, -0.15) is 0 Å². The minimum atomic E-state index is -0.583. The maximum Gasteiger partial charge on any atom is 0.325 e. The largest absolute Gasteiger partial charge is 0.506 e. The maximum absolute atomic E-state index is 15.1. The number of thiocarbonyl (C=S) groups is 1. The van der Waals surface area contributed by atoms with Gasteiger partial charge in [-0.15, -0.1) is 11.3 Å². The van der Waals surface area contributed by atoms with E-state index in [-0.39, 0.29) is 10.9 Å². The van der Waals surface area contributed by atoms with Crippen LogP contribution in [0, 0.1) is 5.82 Å². The van der Waals surface area contributed by atoms with Gasteiger partial charge >= 0.3 is 6.03 Å². The first-order chi connectivity index (χ1) is 15.1. The first-order valence-corrected chi connectivity index (χ1v) is 11.2. The molecule has 0 radical (unpaired) electrons. The molecule has 32 heavy (non-hydrogen) atoms. The number of amides is 2. The van der Waals surface area contributed by atoms with Crippen molar-refractivity contribution in [1.29, 1.82) is 0 Å². The highest BCUT2D eigenvalue weighted by atomic mass is 35.5. The Kier molecular flexibility index (Phi) is 5.74. The molecule has 1 aliphatic rings. The second-order valence-corrected chi connectivity index (χ2v) is 10.2. The van der Waals surface area contributed by atoms with Crippen molar-refractivity contribution in [1.82, 2.24) is 5.32 Å². The van der Waals surface area contributed by atoms with E-state index in [1.807, 2.05) is 30.9 Å². The Bertz CT molecular complexity index is 1240. The molecule has 2 heterocycles. The number of carbonyl (C=O) groups excluding carboxylic acids is 1. The zero-order valence-corrected chi connectivity index (χ0v) is 19.6. The SMILES string of the molecule is CC1(C)CN(c2ccccc2NC(=O)NC(N)=S)c2c(O)cc(F)c(-c3ccc(Cl)s3)c21. The number of benzene rings is 2. The normalized spacial score (nSPS) is 14.2. The number of nitrogens with two attached hydrogens (primary N) is 1. The van der Waals surface area contributed by atoms with E-state index in [9.17, 15) is 9.90 Å². The molecule has 4 rings (SSSR count). The topological polar surface area (TPSA) is 90.6 Å². The zero-order chi connectivity index (χ0) is 23.2. The number of fused-ring (bicyclic) bond motifs is 1. The Morgan fingerprint density at radius 3 is 2.69 bits per heavy atom. The number of urea groups is 1. The average Bonchev–Trinajstić information content (AvgIpc) is 3.23. The monoisotopic (exact) mass is 490 g/mol. The fraction of sp³-hybridized carbons (Fsp3) is 0.182. The van der Waals surface area contributed by atoms with Gasteiger partial charge in [0, 0.05) is 28.5 Å². The molecule has 3 aromatic rings. The van der Waals surface area contributed by atoms with Crippen molar-refractivity contribution >= 4 is 63.4 Å². The number of para-hydroxylation sites is 2. The van der Waals surface area contributed by atoms with E-state index in [0.29, 0.717) is 43.9 Å². The number of carbonyl (C=O) groups is 1. The van der Waals surface area contributed by atoms with Crippen molar-refractivity contribution in [3.8, 4) is 16.2 Å². The van der Waals surface area contributed by atoms with E-state index in [2.05, 4.69) is 10.6 Å². The fourth-order valence-corrected chi connectivity index (χ4v) is 5.28. The third kappa shape index (κ3) is 3.99. The van der Waals surface area contributed by atoms with Crippen LogP contribution in [0.25, 0.3) is 10.4 Å². The van der Waals surface area contributed by atoms with Gasteiger partial charge in [-0.05, 0) is 42.0 Å². The molecule has 0 unspecified atom stereocenters. The number of halogens is 2. The molecule has 5 N–H and O–H groups in total. The number of phenols is 1. The van der Waals surface area contributed by atoms with Crippen LogP contribution in [0.2, 0.25) is 4.34 Å². The van der Waals surface area contributed by atoms with Crippen LogP contribution in [0.5, 0.6) is 5.75 Å². The minimum absolute atomic E-state index is 0.153. The van der Waals surface area contributed by atoms with Gasteiger partial charge in [-0.25, -0.2) is 9.18 Å². The lowest BCUT2D eigenvalue weighted by atomic mass is 9.83. The van der Waals surface area contributed by atoms with Gasteiger partial charge in [-0.3, -0.25) is 5.32 Å². The Morgan fingerprint density at radius 2 is 2.03 bits per heavy atom. The number of aromatic hydroxyl groups is 1. The van der Waals surface area contributed by atoms with Crippen LogP contribution >= 0.6 is 35.2 Å². The van der Waals surface area contributed by atoms with E-state index in [1.165, 1.54) is 11.3 Å². The Labute approximate surface area is 198 Å². The maximum atomic E-state index is 15.1. The second kappa shape index (κ2) is 8.23. The number of anilines is 3. The summed E-state index contributed by atoms with van der Waals surface area (Å²) in [6.45, 7) is 4.42. The minimum Gasteiger partial charge on any atom is -0.506 e. The van der Waals surface area contributed by atoms with Crippen LogP contribution < -0.4 is 21.3 Å². The Hall–Kier alpha value is -2.88. The standard InChI is InChI=1S/C22H20ClFN4O2S2/c1-22(2)10-28(13-6-4-3-5-12(13)26-21(30)27-20(25)31)19-14(29)9-11(24)17(18(19)22)15-7-8-16(23)32-15/h3-9,29H,10H2,1-2H3,(H4,25,26,27,30,31). The summed E-state index contributed by atoms with van der Waals surface area (Å²) in [7, 11) is 0. The van der Waals surface area contributed by atoms with Gasteiger partial charge in [0.25, 0.3) is 0 Å². The molecule has 0 atom stereocenters. The summed E-state index contributed by atoms with van der Waals surface area (Å²) >= 11 is 12.1. The molecule has 2 amide bonds. The van der Waals surface area contributed by atoms with Crippen molar-refractivity contribution < 1.29 is 14.3 Å². The first kappa shape index (κ1) is 22.3. The van der Waals surface area contributed by atoms with E-state index < -0.39 is 17.3 Å². The highest BCUT2D eigenvalue weighted by Gasteiger charge is 2.42. The summed E-state index contributed by atoms with van der Waals surface area (Å²) < 4.78 is 15.7. The van der Waals surface area contributed by atoms with Crippen LogP contribution in [0.1, 0.15) is 19.4 Å². The van der Waals surface area contributed by atoms with Crippen molar-refractivity contribution in [2.75, 3.05) is 16.8 Å². The number of nitrogens with zero attached hydrogens (tertiary/aromatic N) is 1. The molecule has 2 aromatic carbocycles. The van der Waals surface area contributed by atoms with Crippen LogP contribution in [-0.4, -0.2) is 22.8 Å². The summed E-state index contributed by atoms with van der Waals surface area (Å²) in [4.78, 5) is 14.8. The van der Waals surface area contributed by atoms with Crippen molar-refractivity contribution in [2.45, 2.75) is 19.3 Å². The number of rotatable bonds is 3. The molecule has 0 saturated carbocycles. The van der Waals surface area contributed by atoms with Gasteiger partial charge in [0.05, 0.1) is 21.4 Å². The first-order valence-electron chi connectivity index (χ1n) is 9.64. The number of phenolic OH excluding ortho intramolecular Hbond substituents is 1. The molecule has 0 spiro atoms. The molecule has 1 aliphatic heterocycles. The third-order valence-electron chi connectivity index (χ3n) is 5.23. The summed E-state index contributed by atoms with van der Waals surface area (Å²) in [6, 6.07) is 11.2. The molecule has 0 bridgehead atoms. The number of nitrogens with one attached hydrogen (secondary N) is 2. The molecule has 10 heteroatoms. The van der Waals surface area contributed by atoms with Gasteiger partial charge < -0.3 is 21.1 Å². The van der Waals surface area contributed by atoms with Gasteiger partial charge in [-0.1, -0.05) is 37.6 Å². The predicted octanol–water partition coefficient (Wildman–Crippen LogP) is 5.71. The lowest BCUT2D eigenvalue weighted by Crippen LogP contribution is -2.38. The molecule has 0 aliphatic carbocycles.